The van der Waals surface area contributed by atoms with Crippen LogP contribution in [0.3, 0.4) is 0 Å². The predicted octanol–water partition coefficient (Wildman–Crippen LogP) is 3.61. The molecule has 0 radical (unpaired) electrons. The molecule has 3 aromatic rings. The molecule has 6 nitrogen and oxygen atoms in total. The lowest BCUT2D eigenvalue weighted by Gasteiger charge is -2.15. The fourth-order valence-corrected chi connectivity index (χ4v) is 2.54. The molecule has 1 unspecified atom stereocenters. The first-order chi connectivity index (χ1) is 12.5. The molecule has 2 N–H and O–H groups in total. The number of amides is 1. The first-order valence-corrected chi connectivity index (χ1v) is 8.70. The molecule has 1 amide bonds. The third kappa shape index (κ3) is 4.58. The van der Waals surface area contributed by atoms with E-state index in [1.54, 1.807) is 43.3 Å². The van der Waals surface area contributed by atoms with Crippen molar-refractivity contribution in [3.63, 3.8) is 0 Å². The van der Waals surface area contributed by atoms with Gasteiger partial charge in [0, 0.05) is 21.8 Å². The largest absolute Gasteiger partial charge is 0.481 e. The molecule has 1 aromatic heterocycles. The minimum atomic E-state index is -0.661. The van der Waals surface area contributed by atoms with Crippen molar-refractivity contribution in [2.45, 2.75) is 13.0 Å². The molecule has 1 atom stereocenters. The minimum Gasteiger partial charge on any atom is -0.481 e. The van der Waals surface area contributed by atoms with Crippen LogP contribution >= 0.6 is 15.9 Å². The number of H-pyrrole nitrogens is 1. The van der Waals surface area contributed by atoms with Crippen molar-refractivity contribution in [3.8, 4) is 17.0 Å². The van der Waals surface area contributed by atoms with Gasteiger partial charge in [-0.2, -0.15) is 5.10 Å². The second kappa shape index (κ2) is 7.97. The van der Waals surface area contributed by atoms with Crippen LogP contribution in [0.5, 0.6) is 5.75 Å². The molecule has 0 saturated carbocycles. The van der Waals surface area contributed by atoms with E-state index in [0.717, 1.165) is 10.0 Å². The van der Waals surface area contributed by atoms with Gasteiger partial charge in [-0.05, 0) is 49.4 Å². The number of aromatic amines is 1. The molecule has 1 heterocycles. The maximum atomic E-state index is 12.4. The zero-order chi connectivity index (χ0) is 18.5. The van der Waals surface area contributed by atoms with Crippen molar-refractivity contribution in [2.24, 2.45) is 0 Å². The third-order valence-electron chi connectivity index (χ3n) is 3.60. The van der Waals surface area contributed by atoms with Crippen LogP contribution in [0.15, 0.2) is 69.9 Å². The Morgan fingerprint density at radius 3 is 2.62 bits per heavy atom. The summed E-state index contributed by atoms with van der Waals surface area (Å²) in [4.78, 5) is 23.5. The molecule has 0 spiro atoms. The van der Waals surface area contributed by atoms with Crippen molar-refractivity contribution in [1.29, 1.82) is 0 Å². The SMILES string of the molecule is CC(Oc1ccc(Br)cc1)C(=O)Nc1cccc(-c2ccc(=O)[nH]n2)c1. The lowest BCUT2D eigenvalue weighted by Crippen LogP contribution is -2.30. The Morgan fingerprint density at radius 2 is 1.92 bits per heavy atom. The molecule has 7 heteroatoms. The molecule has 26 heavy (non-hydrogen) atoms. The first kappa shape index (κ1) is 17.9. The van der Waals surface area contributed by atoms with E-state index in [1.165, 1.54) is 6.07 Å². The number of ether oxygens (including phenoxy) is 1. The predicted molar refractivity (Wildman–Crippen MR) is 103 cm³/mol. The number of benzene rings is 2. The lowest BCUT2D eigenvalue weighted by molar-refractivity contribution is -0.122. The molecule has 132 valence electrons. The first-order valence-electron chi connectivity index (χ1n) is 7.90. The summed E-state index contributed by atoms with van der Waals surface area (Å²) >= 11 is 3.36. The van der Waals surface area contributed by atoms with E-state index in [4.69, 9.17) is 4.74 Å². The number of carbonyl (C=O) groups excluding carboxylic acids is 1. The zero-order valence-electron chi connectivity index (χ0n) is 13.9. The molecule has 0 fully saturated rings. The molecule has 3 rings (SSSR count). The van der Waals surface area contributed by atoms with E-state index < -0.39 is 6.10 Å². The quantitative estimate of drug-likeness (QED) is 0.668. The van der Waals surface area contributed by atoms with Gasteiger partial charge >= 0.3 is 0 Å². The standard InChI is InChI=1S/C19H16BrN3O3/c1-12(26-16-7-5-14(20)6-8-16)19(25)21-15-4-2-3-13(11-15)17-9-10-18(24)23-22-17/h2-12H,1H3,(H,21,25)(H,23,24). The molecule has 0 aliphatic heterocycles. The maximum Gasteiger partial charge on any atom is 0.265 e. The van der Waals surface area contributed by atoms with E-state index >= 15 is 0 Å². The highest BCUT2D eigenvalue weighted by molar-refractivity contribution is 9.10. The van der Waals surface area contributed by atoms with Crippen LogP contribution in [0.1, 0.15) is 6.92 Å². The van der Waals surface area contributed by atoms with Gasteiger partial charge < -0.3 is 10.1 Å². The van der Waals surface area contributed by atoms with Crippen molar-refractivity contribution in [1.82, 2.24) is 10.2 Å². The summed E-state index contributed by atoms with van der Waals surface area (Å²) in [5.74, 6) is 0.349. The van der Waals surface area contributed by atoms with Gasteiger partial charge in [0.05, 0.1) is 5.69 Å². The smallest absolute Gasteiger partial charge is 0.265 e. The van der Waals surface area contributed by atoms with E-state index in [9.17, 15) is 9.59 Å². The summed E-state index contributed by atoms with van der Waals surface area (Å²) in [5, 5.41) is 9.20. The Kier molecular flexibility index (Phi) is 5.48. The fraction of sp³-hybridized carbons (Fsp3) is 0.105. The van der Waals surface area contributed by atoms with Crippen LogP contribution in [0, 0.1) is 0 Å². The molecular weight excluding hydrogens is 398 g/mol. The molecule has 2 aromatic carbocycles. The summed E-state index contributed by atoms with van der Waals surface area (Å²) in [7, 11) is 0. The summed E-state index contributed by atoms with van der Waals surface area (Å²) in [6, 6.07) is 17.5. The van der Waals surface area contributed by atoms with E-state index in [-0.39, 0.29) is 11.5 Å². The van der Waals surface area contributed by atoms with Crippen LogP contribution in [-0.4, -0.2) is 22.2 Å². The topological polar surface area (TPSA) is 84.1 Å². The highest BCUT2D eigenvalue weighted by atomic mass is 79.9. The summed E-state index contributed by atoms with van der Waals surface area (Å²) < 4.78 is 6.59. The van der Waals surface area contributed by atoms with Crippen LogP contribution in [0.4, 0.5) is 5.69 Å². The van der Waals surface area contributed by atoms with Gasteiger partial charge in [0.2, 0.25) is 0 Å². The Balaban J connectivity index is 1.68. The number of anilines is 1. The van der Waals surface area contributed by atoms with E-state index in [0.29, 0.717) is 17.1 Å². The lowest BCUT2D eigenvalue weighted by atomic mass is 10.1. The molecule has 0 bridgehead atoms. The average Bonchev–Trinajstić information content (AvgIpc) is 2.64. The Morgan fingerprint density at radius 1 is 1.15 bits per heavy atom. The Labute approximate surface area is 158 Å². The number of carbonyl (C=O) groups is 1. The number of hydrogen-bond donors (Lipinski definition) is 2. The average molecular weight is 414 g/mol. The third-order valence-corrected chi connectivity index (χ3v) is 4.13. The number of nitrogens with one attached hydrogen (secondary N) is 2. The van der Waals surface area contributed by atoms with Crippen molar-refractivity contribution >= 4 is 27.5 Å². The number of nitrogens with zero attached hydrogens (tertiary/aromatic N) is 1. The van der Waals surface area contributed by atoms with Crippen molar-refractivity contribution in [2.75, 3.05) is 5.32 Å². The molecule has 0 aliphatic rings. The van der Waals surface area contributed by atoms with Gasteiger partial charge in [0.25, 0.3) is 11.5 Å². The van der Waals surface area contributed by atoms with Gasteiger partial charge in [-0.25, -0.2) is 5.10 Å². The second-order valence-corrected chi connectivity index (χ2v) is 6.51. The maximum absolute atomic E-state index is 12.4. The van der Waals surface area contributed by atoms with Crippen LogP contribution in [-0.2, 0) is 4.79 Å². The van der Waals surface area contributed by atoms with Crippen molar-refractivity contribution in [3.05, 3.63) is 75.5 Å². The zero-order valence-corrected chi connectivity index (χ0v) is 15.5. The van der Waals surface area contributed by atoms with Gasteiger partial charge in [-0.3, -0.25) is 9.59 Å². The highest BCUT2D eigenvalue weighted by Gasteiger charge is 2.15. The van der Waals surface area contributed by atoms with Crippen LogP contribution < -0.4 is 15.6 Å². The number of rotatable bonds is 5. The van der Waals surface area contributed by atoms with Gasteiger partial charge in [0.1, 0.15) is 5.75 Å². The summed E-state index contributed by atoms with van der Waals surface area (Å²) in [5.41, 5.74) is 1.74. The fourth-order valence-electron chi connectivity index (χ4n) is 2.28. The van der Waals surface area contributed by atoms with Crippen molar-refractivity contribution < 1.29 is 9.53 Å². The Bertz CT molecular complexity index is 950. The molecule has 0 saturated heterocycles. The highest BCUT2D eigenvalue weighted by Crippen LogP contribution is 2.21. The number of halogens is 1. The minimum absolute atomic E-state index is 0.264. The van der Waals surface area contributed by atoms with Gasteiger partial charge in [0.15, 0.2) is 6.10 Å². The Hall–Kier alpha value is -2.93. The van der Waals surface area contributed by atoms with Gasteiger partial charge in [-0.1, -0.05) is 28.1 Å². The van der Waals surface area contributed by atoms with E-state index in [1.807, 2.05) is 18.2 Å². The molecule has 0 aliphatic carbocycles. The normalized spacial score (nSPS) is 11.6. The molecular formula is C19H16BrN3O3. The summed E-state index contributed by atoms with van der Waals surface area (Å²) in [6.45, 7) is 1.69. The monoisotopic (exact) mass is 413 g/mol. The number of hydrogen-bond acceptors (Lipinski definition) is 4. The second-order valence-electron chi connectivity index (χ2n) is 5.59. The van der Waals surface area contributed by atoms with Gasteiger partial charge in [-0.15, -0.1) is 0 Å². The van der Waals surface area contributed by atoms with E-state index in [2.05, 4.69) is 31.4 Å². The van der Waals surface area contributed by atoms with Crippen LogP contribution in [0.2, 0.25) is 0 Å². The van der Waals surface area contributed by atoms with Crippen LogP contribution in [0.25, 0.3) is 11.3 Å². The summed E-state index contributed by atoms with van der Waals surface area (Å²) in [6.07, 6.45) is -0.661. The number of aromatic nitrogens is 2.